The monoisotopic (exact) mass is 350 g/mol. The van der Waals surface area contributed by atoms with Crippen LogP contribution in [0.3, 0.4) is 0 Å². The van der Waals surface area contributed by atoms with Crippen molar-refractivity contribution in [2.24, 2.45) is 7.05 Å². The Kier molecular flexibility index (Phi) is 4.40. The normalized spacial score (nSPS) is 17.3. The fraction of sp³-hybridized carbons (Fsp3) is 0.278. The summed E-state index contributed by atoms with van der Waals surface area (Å²) in [5.41, 5.74) is 2.04. The van der Waals surface area contributed by atoms with Gasteiger partial charge in [-0.1, -0.05) is 6.07 Å². The van der Waals surface area contributed by atoms with E-state index < -0.39 is 0 Å². The van der Waals surface area contributed by atoms with Crippen LogP contribution in [0.4, 0.5) is 5.95 Å². The first-order chi connectivity index (χ1) is 12.7. The lowest BCUT2D eigenvalue weighted by atomic mass is 10.1. The van der Waals surface area contributed by atoms with Crippen molar-refractivity contribution in [2.45, 2.75) is 6.10 Å². The SMILES string of the molecule is Cn1c(N2CCOC(c3cccnc3)C2)nc(-c2ccncn2)cc1=O. The molecule has 4 heterocycles. The number of nitrogens with zero attached hydrogens (tertiary/aromatic N) is 6. The molecule has 1 fully saturated rings. The third-order valence-corrected chi connectivity index (χ3v) is 4.36. The molecule has 1 aliphatic rings. The molecule has 0 bridgehead atoms. The molecule has 3 aromatic rings. The van der Waals surface area contributed by atoms with E-state index in [4.69, 9.17) is 4.74 Å². The van der Waals surface area contributed by atoms with Gasteiger partial charge in [-0.15, -0.1) is 0 Å². The van der Waals surface area contributed by atoms with Gasteiger partial charge in [0.25, 0.3) is 5.56 Å². The minimum atomic E-state index is -0.131. The Balaban J connectivity index is 1.68. The largest absolute Gasteiger partial charge is 0.370 e. The van der Waals surface area contributed by atoms with Crippen molar-refractivity contribution in [1.29, 1.82) is 0 Å². The van der Waals surface area contributed by atoms with Crippen LogP contribution >= 0.6 is 0 Å². The zero-order chi connectivity index (χ0) is 17.9. The Bertz CT molecular complexity index is 945. The lowest BCUT2D eigenvalue weighted by molar-refractivity contribution is 0.0387. The van der Waals surface area contributed by atoms with Crippen LogP contribution in [0.5, 0.6) is 0 Å². The highest BCUT2D eigenvalue weighted by Crippen LogP contribution is 2.25. The smallest absolute Gasteiger partial charge is 0.255 e. The highest BCUT2D eigenvalue weighted by Gasteiger charge is 2.25. The first-order valence-electron chi connectivity index (χ1n) is 8.33. The first-order valence-corrected chi connectivity index (χ1v) is 8.33. The molecule has 1 saturated heterocycles. The van der Waals surface area contributed by atoms with E-state index >= 15 is 0 Å². The van der Waals surface area contributed by atoms with Crippen molar-refractivity contribution in [3.8, 4) is 11.4 Å². The minimum Gasteiger partial charge on any atom is -0.370 e. The van der Waals surface area contributed by atoms with E-state index in [-0.39, 0.29) is 11.7 Å². The maximum atomic E-state index is 12.4. The molecule has 3 aromatic heterocycles. The van der Waals surface area contributed by atoms with Gasteiger partial charge < -0.3 is 9.64 Å². The van der Waals surface area contributed by atoms with Gasteiger partial charge in [-0.05, 0) is 12.1 Å². The second kappa shape index (κ2) is 7.01. The van der Waals surface area contributed by atoms with Crippen LogP contribution < -0.4 is 10.5 Å². The zero-order valence-electron chi connectivity index (χ0n) is 14.3. The van der Waals surface area contributed by atoms with Gasteiger partial charge in [0.2, 0.25) is 5.95 Å². The van der Waals surface area contributed by atoms with Gasteiger partial charge in [-0.3, -0.25) is 14.3 Å². The third-order valence-electron chi connectivity index (χ3n) is 4.36. The van der Waals surface area contributed by atoms with Crippen molar-refractivity contribution < 1.29 is 4.74 Å². The molecule has 0 amide bonds. The van der Waals surface area contributed by atoms with Gasteiger partial charge in [0.05, 0.1) is 24.5 Å². The molecule has 0 spiro atoms. The standard InChI is InChI=1S/C18H18N6O2/c1-23-17(25)9-15(14-4-6-20-12-21-14)22-18(23)24-7-8-26-16(11-24)13-3-2-5-19-10-13/h2-6,9-10,12,16H,7-8,11H2,1H3. The quantitative estimate of drug-likeness (QED) is 0.702. The number of hydrogen-bond acceptors (Lipinski definition) is 7. The Morgan fingerprint density at radius 1 is 1.19 bits per heavy atom. The number of ether oxygens (including phenoxy) is 1. The molecule has 26 heavy (non-hydrogen) atoms. The second-order valence-corrected chi connectivity index (χ2v) is 6.03. The highest BCUT2D eigenvalue weighted by molar-refractivity contribution is 5.55. The van der Waals surface area contributed by atoms with Crippen LogP contribution in [-0.4, -0.2) is 44.2 Å². The van der Waals surface area contributed by atoms with Crippen LogP contribution in [-0.2, 0) is 11.8 Å². The molecule has 1 aliphatic heterocycles. The van der Waals surface area contributed by atoms with Gasteiger partial charge in [-0.2, -0.15) is 0 Å². The summed E-state index contributed by atoms with van der Waals surface area (Å²) in [6, 6.07) is 7.11. The summed E-state index contributed by atoms with van der Waals surface area (Å²) in [7, 11) is 1.73. The van der Waals surface area contributed by atoms with Crippen LogP contribution in [0.15, 0.2) is 54.0 Å². The molecule has 0 aromatic carbocycles. The van der Waals surface area contributed by atoms with Crippen LogP contribution in [0, 0.1) is 0 Å². The third kappa shape index (κ3) is 3.18. The fourth-order valence-electron chi connectivity index (χ4n) is 2.98. The molecule has 0 N–H and O–H groups in total. The van der Waals surface area contributed by atoms with E-state index in [9.17, 15) is 4.79 Å². The molecule has 1 atom stereocenters. The zero-order valence-corrected chi connectivity index (χ0v) is 14.3. The Morgan fingerprint density at radius 3 is 2.88 bits per heavy atom. The predicted octanol–water partition coefficient (Wildman–Crippen LogP) is 1.21. The Labute approximate surface area is 150 Å². The molecule has 4 rings (SSSR count). The first kappa shape index (κ1) is 16.3. The second-order valence-electron chi connectivity index (χ2n) is 6.03. The number of anilines is 1. The Hall–Kier alpha value is -3.13. The molecular weight excluding hydrogens is 332 g/mol. The lowest BCUT2D eigenvalue weighted by Gasteiger charge is -2.34. The fourth-order valence-corrected chi connectivity index (χ4v) is 2.98. The van der Waals surface area contributed by atoms with Crippen molar-refractivity contribution >= 4 is 5.95 Å². The predicted molar refractivity (Wildman–Crippen MR) is 95.6 cm³/mol. The van der Waals surface area contributed by atoms with Crippen LogP contribution in [0.1, 0.15) is 11.7 Å². The summed E-state index contributed by atoms with van der Waals surface area (Å²) in [4.78, 5) is 31.5. The molecule has 0 aliphatic carbocycles. The summed E-state index contributed by atoms with van der Waals surface area (Å²) >= 11 is 0. The number of hydrogen-bond donors (Lipinski definition) is 0. The minimum absolute atomic E-state index is 0.114. The van der Waals surface area contributed by atoms with Gasteiger partial charge in [0, 0.05) is 43.8 Å². The van der Waals surface area contributed by atoms with Gasteiger partial charge in [-0.25, -0.2) is 15.0 Å². The van der Waals surface area contributed by atoms with Gasteiger partial charge in [0.15, 0.2) is 0 Å². The lowest BCUT2D eigenvalue weighted by Crippen LogP contribution is -2.41. The molecule has 0 radical (unpaired) electrons. The molecular formula is C18H18N6O2. The summed E-state index contributed by atoms with van der Waals surface area (Å²) in [6.07, 6.45) is 6.51. The molecule has 0 saturated carbocycles. The molecule has 8 nitrogen and oxygen atoms in total. The van der Waals surface area contributed by atoms with Gasteiger partial charge >= 0.3 is 0 Å². The van der Waals surface area contributed by atoms with E-state index in [2.05, 4.69) is 24.8 Å². The topological polar surface area (TPSA) is 86.0 Å². The summed E-state index contributed by atoms with van der Waals surface area (Å²) in [5.74, 6) is 0.600. The van der Waals surface area contributed by atoms with E-state index in [1.165, 1.54) is 12.4 Å². The van der Waals surface area contributed by atoms with Crippen molar-refractivity contribution in [3.05, 3.63) is 65.1 Å². The maximum absolute atomic E-state index is 12.4. The van der Waals surface area contributed by atoms with E-state index in [0.717, 1.165) is 5.56 Å². The number of pyridine rings is 1. The van der Waals surface area contributed by atoms with Crippen LogP contribution in [0.2, 0.25) is 0 Å². The average molecular weight is 350 g/mol. The maximum Gasteiger partial charge on any atom is 0.255 e. The highest BCUT2D eigenvalue weighted by atomic mass is 16.5. The van der Waals surface area contributed by atoms with E-state index in [0.29, 0.717) is 37.0 Å². The van der Waals surface area contributed by atoms with Crippen molar-refractivity contribution in [3.63, 3.8) is 0 Å². The van der Waals surface area contributed by atoms with E-state index in [1.807, 2.05) is 12.1 Å². The molecule has 1 unspecified atom stereocenters. The van der Waals surface area contributed by atoms with Gasteiger partial charge in [0.1, 0.15) is 12.4 Å². The average Bonchev–Trinajstić information content (AvgIpc) is 2.71. The van der Waals surface area contributed by atoms with Crippen molar-refractivity contribution in [1.82, 2.24) is 24.5 Å². The Morgan fingerprint density at radius 2 is 2.12 bits per heavy atom. The number of aromatic nitrogens is 5. The molecule has 132 valence electrons. The van der Waals surface area contributed by atoms with Crippen molar-refractivity contribution in [2.75, 3.05) is 24.6 Å². The summed E-state index contributed by atoms with van der Waals surface area (Å²) < 4.78 is 7.44. The van der Waals surface area contributed by atoms with E-state index in [1.54, 1.807) is 36.3 Å². The van der Waals surface area contributed by atoms with Crippen LogP contribution in [0.25, 0.3) is 11.4 Å². The summed E-state index contributed by atoms with van der Waals surface area (Å²) in [6.45, 7) is 1.80. The number of rotatable bonds is 3. The summed E-state index contributed by atoms with van der Waals surface area (Å²) in [5, 5.41) is 0. The molecule has 8 heteroatoms. The number of morpholine rings is 1.